The van der Waals surface area contributed by atoms with Gasteiger partial charge in [-0.3, -0.25) is 4.79 Å². The number of allylic oxidation sites excluding steroid dienone is 1. The van der Waals surface area contributed by atoms with Crippen molar-refractivity contribution in [2.75, 3.05) is 0 Å². The number of amides is 1. The topological polar surface area (TPSA) is 85.9 Å². The number of ether oxygens (including phenoxy) is 1. The fourth-order valence-electron chi connectivity index (χ4n) is 2.71. The molecule has 5 nitrogen and oxygen atoms in total. The first-order valence-electron chi connectivity index (χ1n) is 9.25. The van der Waals surface area contributed by atoms with E-state index in [2.05, 4.69) is 18.0 Å². The molecule has 0 aliphatic heterocycles. The molecule has 0 fully saturated rings. The molecule has 0 bridgehead atoms. The maximum atomic E-state index is 12.1. The van der Waals surface area contributed by atoms with Crippen LogP contribution in [0.4, 0.5) is 0 Å². The fourth-order valence-corrected chi connectivity index (χ4v) is 2.71. The second kappa shape index (κ2) is 10.5. The second-order valence-electron chi connectivity index (χ2n) is 6.72. The van der Waals surface area contributed by atoms with Gasteiger partial charge in [-0.05, 0) is 55.7 Å². The number of hydrogen-bond acceptors (Lipinski definition) is 4. The normalized spacial score (nSPS) is 10.7. The van der Waals surface area contributed by atoms with E-state index in [0.29, 0.717) is 17.7 Å². The third-order valence-corrected chi connectivity index (χ3v) is 4.07. The minimum Gasteiger partial charge on any atom is -0.489 e. The van der Waals surface area contributed by atoms with Gasteiger partial charge in [0.25, 0.3) is 5.91 Å². The summed E-state index contributed by atoms with van der Waals surface area (Å²) in [5.74, 6) is 0.265. The SMILES string of the molecule is C=CCc1cc(/C=C(/C#N)C(=O)NC(C)C)ccc1OCc1ccccc1C#N. The predicted octanol–water partition coefficient (Wildman–Crippen LogP) is 4.30. The van der Waals surface area contributed by atoms with Crippen molar-refractivity contribution in [2.24, 2.45) is 0 Å². The van der Waals surface area contributed by atoms with Gasteiger partial charge in [-0.25, -0.2) is 0 Å². The molecule has 2 rings (SSSR count). The lowest BCUT2D eigenvalue weighted by Gasteiger charge is -2.13. The molecule has 0 aliphatic carbocycles. The molecule has 0 saturated carbocycles. The van der Waals surface area contributed by atoms with Crippen molar-refractivity contribution in [3.05, 3.63) is 82.9 Å². The van der Waals surface area contributed by atoms with E-state index in [1.165, 1.54) is 0 Å². The number of carbonyl (C=O) groups excluding carboxylic acids is 1. The fraction of sp³-hybridized carbons (Fsp3) is 0.208. The van der Waals surface area contributed by atoms with Crippen molar-refractivity contribution in [1.82, 2.24) is 5.32 Å². The summed E-state index contributed by atoms with van der Waals surface area (Å²) in [5.41, 5.74) is 3.03. The molecule has 0 saturated heterocycles. The highest BCUT2D eigenvalue weighted by molar-refractivity contribution is 6.01. The first-order chi connectivity index (χ1) is 14.0. The monoisotopic (exact) mass is 385 g/mol. The minimum atomic E-state index is -0.402. The average Bonchev–Trinajstić information content (AvgIpc) is 2.71. The number of nitriles is 2. The molecule has 146 valence electrons. The second-order valence-corrected chi connectivity index (χ2v) is 6.72. The summed E-state index contributed by atoms with van der Waals surface area (Å²) in [5, 5.41) is 21.2. The molecule has 5 heteroatoms. The molecular weight excluding hydrogens is 362 g/mol. The largest absolute Gasteiger partial charge is 0.489 e. The molecular formula is C24H23N3O2. The molecule has 29 heavy (non-hydrogen) atoms. The third kappa shape index (κ3) is 6.09. The number of benzene rings is 2. The highest BCUT2D eigenvalue weighted by Gasteiger charge is 2.11. The number of carbonyl (C=O) groups is 1. The van der Waals surface area contributed by atoms with E-state index in [1.807, 2.05) is 44.2 Å². The van der Waals surface area contributed by atoms with Crippen LogP contribution in [0.25, 0.3) is 6.08 Å². The number of nitrogens with one attached hydrogen (secondary N) is 1. The standard InChI is InChI=1S/C24H23N3O2/c1-4-7-19-12-18(13-22(15-26)24(28)27-17(2)3)10-11-23(19)29-16-21-9-6-5-8-20(21)14-25/h4-6,8-13,17H,1,7,16H2,2-3H3,(H,27,28)/b22-13-. The summed E-state index contributed by atoms with van der Waals surface area (Å²) < 4.78 is 5.94. The Morgan fingerprint density at radius 1 is 1.21 bits per heavy atom. The number of hydrogen-bond donors (Lipinski definition) is 1. The maximum Gasteiger partial charge on any atom is 0.262 e. The van der Waals surface area contributed by atoms with Gasteiger partial charge < -0.3 is 10.1 Å². The van der Waals surface area contributed by atoms with Crippen LogP contribution < -0.4 is 10.1 Å². The minimum absolute atomic E-state index is 0.0415. The molecule has 1 amide bonds. The van der Waals surface area contributed by atoms with E-state index in [4.69, 9.17) is 4.74 Å². The van der Waals surface area contributed by atoms with Gasteiger partial charge in [0, 0.05) is 11.6 Å². The van der Waals surface area contributed by atoms with Crippen molar-refractivity contribution in [3.63, 3.8) is 0 Å². The Kier molecular flexibility index (Phi) is 7.77. The van der Waals surface area contributed by atoms with E-state index < -0.39 is 5.91 Å². The van der Waals surface area contributed by atoms with Crippen LogP contribution in [-0.2, 0) is 17.8 Å². The molecule has 0 atom stereocenters. The van der Waals surface area contributed by atoms with Crippen LogP contribution in [0.1, 0.15) is 36.1 Å². The Hall–Kier alpha value is -3.83. The van der Waals surface area contributed by atoms with E-state index in [9.17, 15) is 15.3 Å². The molecule has 0 aliphatic rings. The molecule has 2 aromatic carbocycles. The maximum absolute atomic E-state index is 12.1. The van der Waals surface area contributed by atoms with Crippen molar-refractivity contribution >= 4 is 12.0 Å². The average molecular weight is 385 g/mol. The Bertz CT molecular complexity index is 1010. The Morgan fingerprint density at radius 2 is 1.97 bits per heavy atom. The first kappa shape index (κ1) is 21.5. The molecule has 0 heterocycles. The van der Waals surface area contributed by atoms with Gasteiger partial charge in [-0.2, -0.15) is 10.5 Å². The summed E-state index contributed by atoms with van der Waals surface area (Å²) in [6, 6.07) is 16.8. The molecule has 0 radical (unpaired) electrons. The van der Waals surface area contributed by atoms with Crippen LogP contribution in [0.3, 0.4) is 0 Å². The zero-order valence-electron chi connectivity index (χ0n) is 16.6. The van der Waals surface area contributed by atoms with E-state index in [-0.39, 0.29) is 18.2 Å². The van der Waals surface area contributed by atoms with E-state index in [1.54, 1.807) is 30.4 Å². The van der Waals surface area contributed by atoms with E-state index >= 15 is 0 Å². The summed E-state index contributed by atoms with van der Waals surface area (Å²) in [4.78, 5) is 12.1. The van der Waals surface area contributed by atoms with Gasteiger partial charge >= 0.3 is 0 Å². The van der Waals surface area contributed by atoms with Crippen molar-refractivity contribution < 1.29 is 9.53 Å². The zero-order valence-corrected chi connectivity index (χ0v) is 16.6. The van der Waals surface area contributed by atoms with Crippen molar-refractivity contribution in [2.45, 2.75) is 32.9 Å². The van der Waals surface area contributed by atoms with Gasteiger partial charge in [-0.1, -0.05) is 30.3 Å². The molecule has 0 spiro atoms. The van der Waals surface area contributed by atoms with Crippen LogP contribution in [0.2, 0.25) is 0 Å². The van der Waals surface area contributed by atoms with Crippen molar-refractivity contribution in [1.29, 1.82) is 10.5 Å². The first-order valence-corrected chi connectivity index (χ1v) is 9.25. The van der Waals surface area contributed by atoms with Crippen LogP contribution in [0.5, 0.6) is 5.75 Å². The van der Waals surface area contributed by atoms with Crippen LogP contribution in [0, 0.1) is 22.7 Å². The van der Waals surface area contributed by atoms with E-state index in [0.717, 1.165) is 16.7 Å². The smallest absolute Gasteiger partial charge is 0.262 e. The Balaban J connectivity index is 2.27. The van der Waals surface area contributed by atoms with Crippen LogP contribution in [0.15, 0.2) is 60.7 Å². The van der Waals surface area contributed by atoms with Gasteiger partial charge in [0.15, 0.2) is 0 Å². The number of nitrogens with zero attached hydrogens (tertiary/aromatic N) is 2. The Morgan fingerprint density at radius 3 is 2.62 bits per heavy atom. The molecule has 0 unspecified atom stereocenters. The lowest BCUT2D eigenvalue weighted by atomic mass is 10.0. The van der Waals surface area contributed by atoms with Gasteiger partial charge in [0.05, 0.1) is 11.6 Å². The third-order valence-electron chi connectivity index (χ3n) is 4.07. The summed E-state index contributed by atoms with van der Waals surface area (Å²) in [6.07, 6.45) is 3.88. The van der Waals surface area contributed by atoms with Gasteiger partial charge in [-0.15, -0.1) is 6.58 Å². The molecule has 0 aromatic heterocycles. The number of rotatable bonds is 8. The lowest BCUT2D eigenvalue weighted by Crippen LogP contribution is -2.30. The highest BCUT2D eigenvalue weighted by atomic mass is 16.5. The Labute approximate surface area is 171 Å². The highest BCUT2D eigenvalue weighted by Crippen LogP contribution is 2.24. The lowest BCUT2D eigenvalue weighted by molar-refractivity contribution is -0.117. The van der Waals surface area contributed by atoms with Crippen LogP contribution in [-0.4, -0.2) is 11.9 Å². The quantitative estimate of drug-likeness (QED) is 0.417. The molecule has 1 N–H and O–H groups in total. The summed E-state index contributed by atoms with van der Waals surface area (Å²) >= 11 is 0. The molecule has 2 aromatic rings. The predicted molar refractivity (Wildman–Crippen MR) is 113 cm³/mol. The summed E-state index contributed by atoms with van der Waals surface area (Å²) in [7, 11) is 0. The van der Waals surface area contributed by atoms with Crippen LogP contribution >= 0.6 is 0 Å². The van der Waals surface area contributed by atoms with Crippen molar-refractivity contribution in [3.8, 4) is 17.9 Å². The van der Waals surface area contributed by atoms with Gasteiger partial charge in [0.1, 0.15) is 24.0 Å². The van der Waals surface area contributed by atoms with Gasteiger partial charge in [0.2, 0.25) is 0 Å². The zero-order chi connectivity index (χ0) is 21.2. The summed E-state index contributed by atoms with van der Waals surface area (Å²) in [6.45, 7) is 7.73.